The second kappa shape index (κ2) is 12.2. The second-order valence-electron chi connectivity index (χ2n) is 7.79. The molecule has 1 heterocycles. The van der Waals surface area contributed by atoms with Crippen LogP contribution in [-0.2, 0) is 9.53 Å². The molecule has 0 radical (unpaired) electrons. The van der Waals surface area contributed by atoms with Gasteiger partial charge in [-0.3, -0.25) is 4.79 Å². The zero-order valence-corrected chi connectivity index (χ0v) is 20.2. The van der Waals surface area contributed by atoms with Crippen LogP contribution in [0.4, 0.5) is 5.69 Å². The summed E-state index contributed by atoms with van der Waals surface area (Å²) in [4.78, 5) is 25.3. The Kier molecular flexibility index (Phi) is 9.32. The van der Waals surface area contributed by atoms with E-state index >= 15 is 0 Å². The maximum absolute atomic E-state index is 13.1. The number of rotatable bonds is 10. The van der Waals surface area contributed by atoms with Crippen LogP contribution in [0.5, 0.6) is 0 Å². The fourth-order valence-electron chi connectivity index (χ4n) is 3.72. The summed E-state index contributed by atoms with van der Waals surface area (Å²) in [7, 11) is 1.34. The van der Waals surface area contributed by atoms with Gasteiger partial charge in [-0.25, -0.2) is 4.79 Å². The molecule has 2 aromatic carbocycles. The Morgan fingerprint density at radius 3 is 2.66 bits per heavy atom. The number of hydrogen-bond acceptors (Lipinski definition) is 7. The predicted octanol–water partition coefficient (Wildman–Crippen LogP) is 3.45. The first-order valence-electron chi connectivity index (χ1n) is 10.7. The lowest BCUT2D eigenvalue weighted by Gasteiger charge is -2.19. The Morgan fingerprint density at radius 2 is 2.00 bits per heavy atom. The number of methoxy groups -OCH3 is 1. The van der Waals surface area contributed by atoms with Gasteiger partial charge in [-0.1, -0.05) is 30.3 Å². The lowest BCUT2D eigenvalue weighted by atomic mass is 10.0. The number of anilines is 1. The molecule has 0 aliphatic carbocycles. The van der Waals surface area contributed by atoms with Gasteiger partial charge < -0.3 is 20.7 Å². The highest BCUT2D eigenvalue weighted by Gasteiger charge is 2.24. The summed E-state index contributed by atoms with van der Waals surface area (Å²) in [5, 5.41) is 10.1. The largest absolute Gasteiger partial charge is 0.467 e. The van der Waals surface area contributed by atoms with Crippen molar-refractivity contribution in [2.45, 2.75) is 30.2 Å². The summed E-state index contributed by atoms with van der Waals surface area (Å²) in [6.07, 6.45) is 3.52. The van der Waals surface area contributed by atoms with Crippen LogP contribution in [0, 0.1) is 0 Å². The molecule has 0 aromatic heterocycles. The predicted molar refractivity (Wildman–Crippen MR) is 136 cm³/mol. The smallest absolute Gasteiger partial charge is 0.328 e. The van der Waals surface area contributed by atoms with Gasteiger partial charge in [-0.2, -0.15) is 24.4 Å². The van der Waals surface area contributed by atoms with Crippen molar-refractivity contribution in [2.75, 3.05) is 37.5 Å². The third-order valence-electron chi connectivity index (χ3n) is 5.54. The van der Waals surface area contributed by atoms with E-state index in [9.17, 15) is 9.59 Å². The van der Waals surface area contributed by atoms with Gasteiger partial charge in [0.25, 0.3) is 5.91 Å². The number of hydrogen-bond donors (Lipinski definition) is 4. The highest BCUT2D eigenvalue weighted by atomic mass is 32.2. The van der Waals surface area contributed by atoms with Crippen LogP contribution in [0.15, 0.2) is 48.5 Å². The molecule has 1 fully saturated rings. The molecule has 1 amide bonds. The molecule has 3 rings (SSSR count). The maximum Gasteiger partial charge on any atom is 0.328 e. The van der Waals surface area contributed by atoms with Crippen molar-refractivity contribution >= 4 is 42.0 Å². The van der Waals surface area contributed by atoms with Gasteiger partial charge in [-0.15, -0.1) is 0 Å². The quantitative estimate of drug-likeness (QED) is 0.313. The van der Waals surface area contributed by atoms with Crippen molar-refractivity contribution < 1.29 is 14.3 Å². The SMILES string of the molecule is COC(=O)[C@H](CCSC)NC(=O)c1cc(NC[C@H]2NCC[C@H]2S)cc(-c2ccccc2)c1. The molecule has 172 valence electrons. The number of thioether (sulfide) groups is 1. The Bertz CT molecular complexity index is 911. The third kappa shape index (κ3) is 6.67. The van der Waals surface area contributed by atoms with Gasteiger partial charge >= 0.3 is 5.97 Å². The van der Waals surface area contributed by atoms with Gasteiger partial charge in [0.2, 0.25) is 0 Å². The van der Waals surface area contributed by atoms with Gasteiger partial charge in [0.15, 0.2) is 0 Å². The fraction of sp³-hybridized carbons (Fsp3) is 0.417. The Labute approximate surface area is 199 Å². The summed E-state index contributed by atoms with van der Waals surface area (Å²) in [6, 6.07) is 15.2. The molecule has 0 unspecified atom stereocenters. The molecule has 0 spiro atoms. The van der Waals surface area contributed by atoms with Crippen LogP contribution in [0.2, 0.25) is 0 Å². The highest BCUT2D eigenvalue weighted by Crippen LogP contribution is 2.26. The van der Waals surface area contributed by atoms with E-state index < -0.39 is 12.0 Å². The Morgan fingerprint density at radius 1 is 1.22 bits per heavy atom. The number of esters is 1. The minimum Gasteiger partial charge on any atom is -0.467 e. The van der Waals surface area contributed by atoms with Crippen LogP contribution in [-0.4, -0.2) is 61.4 Å². The molecule has 1 aliphatic rings. The first kappa shape index (κ1) is 24.5. The van der Waals surface area contributed by atoms with Crippen molar-refractivity contribution in [1.29, 1.82) is 0 Å². The van der Waals surface area contributed by atoms with Crippen LogP contribution in [0.1, 0.15) is 23.2 Å². The molecule has 2 aromatic rings. The van der Waals surface area contributed by atoms with Crippen LogP contribution in [0.3, 0.4) is 0 Å². The molecular weight excluding hydrogens is 442 g/mol. The summed E-state index contributed by atoms with van der Waals surface area (Å²) in [6.45, 7) is 1.68. The van der Waals surface area contributed by atoms with Crippen molar-refractivity contribution in [2.24, 2.45) is 0 Å². The number of carbonyl (C=O) groups excluding carboxylic acids is 2. The van der Waals surface area contributed by atoms with Gasteiger partial charge in [0.1, 0.15) is 6.04 Å². The van der Waals surface area contributed by atoms with Gasteiger partial charge in [0, 0.05) is 29.1 Å². The van der Waals surface area contributed by atoms with E-state index in [1.807, 2.05) is 54.8 Å². The normalized spacial score (nSPS) is 18.7. The fourth-order valence-corrected chi connectivity index (χ4v) is 4.53. The van der Waals surface area contributed by atoms with Gasteiger partial charge in [0.05, 0.1) is 7.11 Å². The Hall–Kier alpha value is -2.16. The number of ether oxygens (including phenoxy) is 1. The van der Waals surface area contributed by atoms with E-state index in [0.29, 0.717) is 23.8 Å². The van der Waals surface area contributed by atoms with E-state index in [1.165, 1.54) is 7.11 Å². The van der Waals surface area contributed by atoms with Crippen LogP contribution in [0.25, 0.3) is 11.1 Å². The standard InChI is InChI=1S/C24H31N3O3S2/c1-30-24(29)20(9-11-32-2)27-23(28)18-12-17(16-6-4-3-5-7-16)13-19(14-18)26-15-21-22(31)8-10-25-21/h3-7,12-14,20-22,25-26,31H,8-11,15H2,1-2H3,(H,27,28)/t20-,21+,22+/m0/s1. The molecular formula is C24H31N3O3S2. The zero-order chi connectivity index (χ0) is 22.9. The molecule has 3 N–H and O–H groups in total. The molecule has 0 saturated carbocycles. The lowest BCUT2D eigenvalue weighted by Crippen LogP contribution is -2.42. The lowest BCUT2D eigenvalue weighted by molar-refractivity contribution is -0.142. The van der Waals surface area contributed by atoms with Crippen molar-refractivity contribution in [3.05, 3.63) is 54.1 Å². The van der Waals surface area contributed by atoms with Crippen molar-refractivity contribution in [1.82, 2.24) is 10.6 Å². The molecule has 6 nitrogen and oxygen atoms in total. The summed E-state index contributed by atoms with van der Waals surface area (Å²) in [5.74, 6) is 0.0152. The van der Waals surface area contributed by atoms with E-state index in [4.69, 9.17) is 4.74 Å². The molecule has 8 heteroatoms. The first-order valence-corrected chi connectivity index (χ1v) is 12.7. The number of thiol groups is 1. The topological polar surface area (TPSA) is 79.5 Å². The first-order chi connectivity index (χ1) is 15.5. The monoisotopic (exact) mass is 473 g/mol. The minimum atomic E-state index is -0.677. The van der Waals surface area contributed by atoms with Crippen LogP contribution < -0.4 is 16.0 Å². The van der Waals surface area contributed by atoms with E-state index in [-0.39, 0.29) is 11.9 Å². The molecule has 0 bridgehead atoms. The number of nitrogens with one attached hydrogen (secondary N) is 3. The zero-order valence-electron chi connectivity index (χ0n) is 18.5. The minimum absolute atomic E-state index is 0.270. The third-order valence-corrected chi connectivity index (χ3v) is 6.80. The second-order valence-corrected chi connectivity index (χ2v) is 9.44. The van der Waals surface area contributed by atoms with E-state index in [0.717, 1.165) is 35.5 Å². The molecule has 1 aliphatic heterocycles. The van der Waals surface area contributed by atoms with Crippen molar-refractivity contribution in [3.63, 3.8) is 0 Å². The number of benzene rings is 2. The number of amides is 1. The summed E-state index contributed by atoms with van der Waals surface area (Å²) < 4.78 is 4.88. The van der Waals surface area contributed by atoms with Gasteiger partial charge in [-0.05, 0) is 60.7 Å². The van der Waals surface area contributed by atoms with Crippen molar-refractivity contribution in [3.8, 4) is 11.1 Å². The molecule has 3 atom stereocenters. The highest BCUT2D eigenvalue weighted by molar-refractivity contribution is 7.98. The van der Waals surface area contributed by atoms with E-state index in [1.54, 1.807) is 11.8 Å². The van der Waals surface area contributed by atoms with Crippen LogP contribution >= 0.6 is 24.4 Å². The summed E-state index contributed by atoms with van der Waals surface area (Å²) in [5.41, 5.74) is 3.29. The average Bonchev–Trinajstić information content (AvgIpc) is 3.24. The molecule has 32 heavy (non-hydrogen) atoms. The average molecular weight is 474 g/mol. The number of carbonyl (C=O) groups is 2. The van der Waals surface area contributed by atoms with E-state index in [2.05, 4.69) is 28.6 Å². The Balaban J connectivity index is 1.84. The molecule has 1 saturated heterocycles. The summed E-state index contributed by atoms with van der Waals surface area (Å²) >= 11 is 6.27. The maximum atomic E-state index is 13.1.